The Morgan fingerprint density at radius 1 is 0.700 bits per heavy atom. The van der Waals surface area contributed by atoms with Crippen molar-refractivity contribution in [2.24, 2.45) is 0 Å². The molecule has 3 aromatic rings. The maximum absolute atomic E-state index is 12.9. The number of hydrogen-bond donors (Lipinski definition) is 1. The molecule has 0 bridgehead atoms. The fourth-order valence-corrected chi connectivity index (χ4v) is 5.14. The normalized spacial score (nSPS) is 11.6. The second kappa shape index (κ2) is 15.4. The molecule has 0 aliphatic carbocycles. The smallest absolute Gasteiger partial charge is 0.416 e. The minimum atomic E-state index is -4.47. The van der Waals surface area contributed by atoms with Crippen LogP contribution in [0.1, 0.15) is 93.4 Å². The van der Waals surface area contributed by atoms with Crippen LogP contribution in [0.5, 0.6) is 0 Å². The first-order valence-corrected chi connectivity index (χ1v) is 14.4. The monoisotopic (exact) mass is 555 g/mol. The summed E-state index contributed by atoms with van der Waals surface area (Å²) in [5.41, 5.74) is 1.64. The number of unbranched alkanes of at least 4 members (excludes halogenated alkanes) is 9. The summed E-state index contributed by atoms with van der Waals surface area (Å²) >= 11 is 0. The first kappa shape index (κ1) is 31.2. The molecule has 3 aromatic carbocycles. The lowest BCUT2D eigenvalue weighted by molar-refractivity contribution is -0.156. The maximum atomic E-state index is 12.9. The van der Waals surface area contributed by atoms with Crippen LogP contribution in [0.3, 0.4) is 0 Å². The molecule has 4 nitrogen and oxygen atoms in total. The van der Waals surface area contributed by atoms with Crippen molar-refractivity contribution in [1.82, 2.24) is 4.90 Å². The van der Waals surface area contributed by atoms with E-state index in [1.807, 2.05) is 36.4 Å². The highest BCUT2D eigenvalue weighted by molar-refractivity contribution is 6.31. The van der Waals surface area contributed by atoms with Gasteiger partial charge in [-0.15, -0.1) is 0 Å². The summed E-state index contributed by atoms with van der Waals surface area (Å²) in [4.78, 5) is 25.3. The number of carbonyl (C=O) groups excluding carboxylic acids is 1. The second-order valence-electron chi connectivity index (χ2n) is 10.5. The Balaban J connectivity index is 1.65. The van der Waals surface area contributed by atoms with Crippen LogP contribution >= 0.6 is 0 Å². The van der Waals surface area contributed by atoms with E-state index < -0.39 is 23.6 Å². The van der Waals surface area contributed by atoms with E-state index in [9.17, 15) is 27.9 Å². The average molecular weight is 556 g/mol. The highest BCUT2D eigenvalue weighted by Gasteiger charge is 2.30. The van der Waals surface area contributed by atoms with Crippen LogP contribution in [0.15, 0.2) is 60.7 Å². The number of carbonyl (C=O) groups is 2. The Kier molecular flexibility index (Phi) is 12.0. The zero-order chi connectivity index (χ0) is 29.0. The zero-order valence-electron chi connectivity index (χ0n) is 23.3. The summed E-state index contributed by atoms with van der Waals surface area (Å²) in [5, 5.41) is 11.4. The van der Waals surface area contributed by atoms with E-state index in [0.717, 1.165) is 46.2 Å². The summed E-state index contributed by atoms with van der Waals surface area (Å²) in [6.07, 6.45) is 9.18. The highest BCUT2D eigenvalue weighted by Crippen LogP contribution is 2.30. The molecular weight excluding hydrogens is 515 g/mol. The number of amides is 1. The summed E-state index contributed by atoms with van der Waals surface area (Å²) in [7, 11) is 0. The van der Waals surface area contributed by atoms with Gasteiger partial charge in [-0.05, 0) is 52.4 Å². The van der Waals surface area contributed by atoms with Gasteiger partial charge >= 0.3 is 18.1 Å². The Morgan fingerprint density at radius 2 is 1.23 bits per heavy atom. The van der Waals surface area contributed by atoms with Crippen LogP contribution in [0.4, 0.5) is 13.2 Å². The number of alkyl halides is 3. The number of nitrogens with zero attached hydrogens (tertiary/aromatic N) is 1. The molecule has 0 unspecified atom stereocenters. The maximum Gasteiger partial charge on any atom is 0.416 e. The molecule has 0 aromatic heterocycles. The van der Waals surface area contributed by atoms with E-state index in [2.05, 4.69) is 6.92 Å². The first-order chi connectivity index (χ1) is 19.2. The molecule has 3 rings (SSSR count). The van der Waals surface area contributed by atoms with Crippen molar-refractivity contribution in [2.45, 2.75) is 96.8 Å². The van der Waals surface area contributed by atoms with Crippen molar-refractivity contribution < 1.29 is 27.9 Å². The van der Waals surface area contributed by atoms with Gasteiger partial charge in [-0.3, -0.25) is 4.79 Å². The summed E-state index contributed by atoms with van der Waals surface area (Å²) in [6.45, 7) is 2.15. The molecule has 7 heteroatoms. The van der Waals surface area contributed by atoms with Crippen LogP contribution in [0, 0.1) is 0 Å². The van der Waals surface area contributed by atoms with E-state index in [-0.39, 0.29) is 13.1 Å². The van der Waals surface area contributed by atoms with Gasteiger partial charge < -0.3 is 10.0 Å². The number of aryl methyl sites for hydroxylation is 1. The van der Waals surface area contributed by atoms with Gasteiger partial charge in [-0.25, -0.2) is 4.79 Å². The van der Waals surface area contributed by atoms with E-state index >= 15 is 0 Å². The number of halogens is 3. The number of fused-ring (bicyclic) bond motifs is 1. The molecular formula is C33H40F3NO3. The highest BCUT2D eigenvalue weighted by atomic mass is 19.4. The third-order valence-corrected chi connectivity index (χ3v) is 7.39. The molecule has 216 valence electrons. The SMILES string of the molecule is CCCCCCCCCCCCc1ccc(CN(Cc2ccc(C(F)(F)F)cc2)C(=O)C(=O)O)c2ccccc12. The lowest BCUT2D eigenvalue weighted by atomic mass is 9.95. The number of carboxylic acids is 1. The topological polar surface area (TPSA) is 57.6 Å². The minimum absolute atomic E-state index is 0.0329. The van der Waals surface area contributed by atoms with E-state index in [1.165, 1.54) is 75.5 Å². The Bertz CT molecular complexity index is 1240. The third-order valence-electron chi connectivity index (χ3n) is 7.39. The van der Waals surface area contributed by atoms with Crippen LogP contribution in [0.2, 0.25) is 0 Å². The molecule has 0 aliphatic rings. The Labute approximate surface area is 235 Å². The van der Waals surface area contributed by atoms with E-state index in [0.29, 0.717) is 5.56 Å². The van der Waals surface area contributed by atoms with Crippen LogP contribution in [-0.2, 0) is 35.3 Å². The Hall–Kier alpha value is -3.35. The van der Waals surface area contributed by atoms with Crippen molar-refractivity contribution in [2.75, 3.05) is 0 Å². The van der Waals surface area contributed by atoms with Crippen molar-refractivity contribution in [3.05, 3.63) is 82.9 Å². The number of rotatable bonds is 15. The molecule has 0 aliphatic heterocycles. The number of hydrogen-bond acceptors (Lipinski definition) is 2. The lowest BCUT2D eigenvalue weighted by Crippen LogP contribution is -2.35. The molecule has 0 spiro atoms. The molecule has 0 atom stereocenters. The summed E-state index contributed by atoms with van der Waals surface area (Å²) in [6, 6.07) is 16.3. The number of carboxylic acid groups (broad SMARTS) is 1. The van der Waals surface area contributed by atoms with Gasteiger partial charge in [0.05, 0.1) is 5.56 Å². The van der Waals surface area contributed by atoms with Gasteiger partial charge in [-0.1, -0.05) is 113 Å². The average Bonchev–Trinajstić information content (AvgIpc) is 2.94. The second-order valence-corrected chi connectivity index (χ2v) is 10.5. The van der Waals surface area contributed by atoms with Crippen molar-refractivity contribution in [3.63, 3.8) is 0 Å². The standard InChI is InChI=1S/C33H40F3NO3/c1-2-3-4-5-6-7-8-9-10-11-14-26-19-20-27(30-16-13-12-15-29(26)30)24-37(31(38)32(39)40)23-25-17-21-28(22-18-25)33(34,35)36/h12-13,15-22H,2-11,14,23-24H2,1H3,(H,39,40). The molecule has 1 N–H and O–H groups in total. The van der Waals surface area contributed by atoms with Gasteiger partial charge in [0.15, 0.2) is 0 Å². The quantitative estimate of drug-likeness (QED) is 0.150. The third kappa shape index (κ3) is 9.39. The van der Waals surface area contributed by atoms with Crippen molar-refractivity contribution in [1.29, 1.82) is 0 Å². The zero-order valence-corrected chi connectivity index (χ0v) is 23.3. The minimum Gasteiger partial charge on any atom is -0.474 e. The molecule has 1 amide bonds. The van der Waals surface area contributed by atoms with Crippen LogP contribution in [0.25, 0.3) is 10.8 Å². The van der Waals surface area contributed by atoms with Crippen LogP contribution < -0.4 is 0 Å². The number of aliphatic carboxylic acids is 1. The van der Waals surface area contributed by atoms with E-state index in [4.69, 9.17) is 0 Å². The van der Waals surface area contributed by atoms with Crippen molar-refractivity contribution >= 4 is 22.6 Å². The predicted octanol–water partition coefficient (Wildman–Crippen LogP) is 8.94. The molecule has 0 saturated heterocycles. The van der Waals surface area contributed by atoms with E-state index in [1.54, 1.807) is 0 Å². The van der Waals surface area contributed by atoms with Gasteiger partial charge in [0.2, 0.25) is 0 Å². The van der Waals surface area contributed by atoms with Gasteiger partial charge in [0, 0.05) is 13.1 Å². The molecule has 0 fully saturated rings. The lowest BCUT2D eigenvalue weighted by Gasteiger charge is -2.23. The number of benzene rings is 3. The fraction of sp³-hybridized carbons (Fsp3) is 0.455. The fourth-order valence-electron chi connectivity index (χ4n) is 5.14. The predicted molar refractivity (Wildman–Crippen MR) is 153 cm³/mol. The van der Waals surface area contributed by atoms with Gasteiger partial charge in [-0.2, -0.15) is 13.2 Å². The summed E-state index contributed by atoms with van der Waals surface area (Å²) < 4.78 is 38.8. The van der Waals surface area contributed by atoms with Gasteiger partial charge in [0.25, 0.3) is 0 Å². The first-order valence-electron chi connectivity index (χ1n) is 14.4. The van der Waals surface area contributed by atoms with Crippen molar-refractivity contribution in [3.8, 4) is 0 Å². The molecule has 0 saturated carbocycles. The summed E-state index contributed by atoms with van der Waals surface area (Å²) in [5.74, 6) is -2.70. The Morgan fingerprint density at radius 3 is 1.77 bits per heavy atom. The molecule has 0 radical (unpaired) electrons. The van der Waals surface area contributed by atoms with Gasteiger partial charge in [0.1, 0.15) is 0 Å². The molecule has 0 heterocycles. The largest absolute Gasteiger partial charge is 0.474 e. The van der Waals surface area contributed by atoms with Crippen LogP contribution in [-0.4, -0.2) is 21.9 Å². The molecule has 40 heavy (non-hydrogen) atoms.